The predicted molar refractivity (Wildman–Crippen MR) is 87.4 cm³/mol. The highest BCUT2D eigenvalue weighted by atomic mass is 16.5. The van der Waals surface area contributed by atoms with Crippen molar-refractivity contribution in [1.82, 2.24) is 9.88 Å². The third-order valence-corrected chi connectivity index (χ3v) is 3.88. The highest BCUT2D eigenvalue weighted by Crippen LogP contribution is 2.22. The Bertz CT molecular complexity index is 722. The number of ether oxygens (including phenoxy) is 1. The van der Waals surface area contributed by atoms with Gasteiger partial charge in [0.1, 0.15) is 0 Å². The Morgan fingerprint density at radius 3 is 2.65 bits per heavy atom. The van der Waals surface area contributed by atoms with E-state index < -0.39 is 11.5 Å². The number of methoxy groups -OCH3 is 1. The number of rotatable bonds is 7. The van der Waals surface area contributed by atoms with Crippen molar-refractivity contribution in [2.24, 2.45) is 0 Å². The molecule has 0 saturated carbocycles. The first-order valence-electron chi connectivity index (χ1n) is 7.51. The van der Waals surface area contributed by atoms with E-state index >= 15 is 0 Å². The van der Waals surface area contributed by atoms with Crippen LogP contribution < -0.4 is 5.32 Å². The molecule has 0 saturated heterocycles. The number of aryl methyl sites for hydroxylation is 1. The minimum Gasteiger partial charge on any atom is -0.479 e. The number of carboxylic acids is 1. The molecule has 6 nitrogen and oxygen atoms in total. The van der Waals surface area contributed by atoms with Crippen molar-refractivity contribution < 1.29 is 19.4 Å². The number of benzene rings is 1. The molecule has 0 radical (unpaired) electrons. The largest absolute Gasteiger partial charge is 0.479 e. The molecule has 2 rings (SSSR count). The van der Waals surface area contributed by atoms with Crippen LogP contribution in [0, 0.1) is 0 Å². The molecular formula is C17H22N2O4. The number of fused-ring (bicyclic) bond motifs is 1. The highest BCUT2D eigenvalue weighted by Gasteiger charge is 2.35. The first-order chi connectivity index (χ1) is 10.9. The summed E-state index contributed by atoms with van der Waals surface area (Å²) in [5, 5.41) is 12.9. The summed E-state index contributed by atoms with van der Waals surface area (Å²) >= 11 is 0. The van der Waals surface area contributed by atoms with Gasteiger partial charge in [-0.2, -0.15) is 0 Å². The Labute approximate surface area is 135 Å². The lowest BCUT2D eigenvalue weighted by Crippen LogP contribution is -2.55. The summed E-state index contributed by atoms with van der Waals surface area (Å²) in [6, 6.07) is 7.86. The third-order valence-electron chi connectivity index (χ3n) is 3.88. The van der Waals surface area contributed by atoms with Crippen LogP contribution in [0.15, 0.2) is 30.5 Å². The topological polar surface area (TPSA) is 80.6 Å². The standard InChI is InChI=1S/C17H22N2O4/c1-4-19-10-12(13-7-5-6-8-14(13)19)9-15(20)18-17(2,11-23-3)16(21)22/h5-8,10H,4,9,11H2,1-3H3,(H,18,20)(H,21,22). The molecule has 6 heteroatoms. The van der Waals surface area contributed by atoms with Gasteiger partial charge in [0.25, 0.3) is 0 Å². The SMILES string of the molecule is CCn1cc(CC(=O)NC(C)(COC)C(=O)O)c2ccccc21. The van der Waals surface area contributed by atoms with Gasteiger partial charge in [0, 0.05) is 30.8 Å². The van der Waals surface area contributed by atoms with Crippen molar-refractivity contribution in [2.75, 3.05) is 13.7 Å². The maximum Gasteiger partial charge on any atom is 0.331 e. The quantitative estimate of drug-likeness (QED) is 0.816. The number of hydrogen-bond donors (Lipinski definition) is 2. The van der Waals surface area contributed by atoms with Crippen LogP contribution in [0.3, 0.4) is 0 Å². The molecule has 23 heavy (non-hydrogen) atoms. The Morgan fingerprint density at radius 2 is 2.04 bits per heavy atom. The van der Waals surface area contributed by atoms with Gasteiger partial charge in [0.05, 0.1) is 13.0 Å². The van der Waals surface area contributed by atoms with E-state index in [0.29, 0.717) is 0 Å². The summed E-state index contributed by atoms with van der Waals surface area (Å²) in [6.07, 6.45) is 2.07. The fourth-order valence-corrected chi connectivity index (χ4v) is 2.69. The maximum absolute atomic E-state index is 12.3. The molecule has 0 aliphatic heterocycles. The normalized spacial score (nSPS) is 13.7. The summed E-state index contributed by atoms with van der Waals surface area (Å²) in [7, 11) is 1.40. The van der Waals surface area contributed by atoms with E-state index in [4.69, 9.17) is 4.74 Å². The van der Waals surface area contributed by atoms with E-state index in [1.807, 2.05) is 37.4 Å². The van der Waals surface area contributed by atoms with Crippen LogP contribution in [-0.2, 0) is 27.3 Å². The van der Waals surface area contributed by atoms with Crippen LogP contribution in [-0.4, -0.2) is 40.8 Å². The fourth-order valence-electron chi connectivity index (χ4n) is 2.69. The van der Waals surface area contributed by atoms with E-state index in [2.05, 4.69) is 9.88 Å². The van der Waals surface area contributed by atoms with Crippen LogP contribution in [0.25, 0.3) is 10.9 Å². The van der Waals surface area contributed by atoms with Crippen molar-refractivity contribution >= 4 is 22.8 Å². The van der Waals surface area contributed by atoms with Crippen LogP contribution in [0.2, 0.25) is 0 Å². The van der Waals surface area contributed by atoms with Crippen LogP contribution in [0.5, 0.6) is 0 Å². The van der Waals surface area contributed by atoms with Gasteiger partial charge in [0.15, 0.2) is 5.54 Å². The zero-order valence-electron chi connectivity index (χ0n) is 13.6. The lowest BCUT2D eigenvalue weighted by Gasteiger charge is -2.25. The fraction of sp³-hybridized carbons (Fsp3) is 0.412. The maximum atomic E-state index is 12.3. The molecule has 1 heterocycles. The van der Waals surface area contributed by atoms with E-state index in [1.165, 1.54) is 14.0 Å². The first kappa shape index (κ1) is 17.0. The molecule has 1 atom stereocenters. The number of nitrogens with zero attached hydrogens (tertiary/aromatic N) is 1. The van der Waals surface area contributed by atoms with Crippen molar-refractivity contribution in [3.63, 3.8) is 0 Å². The smallest absolute Gasteiger partial charge is 0.331 e. The summed E-state index contributed by atoms with van der Waals surface area (Å²) in [4.78, 5) is 23.7. The van der Waals surface area contributed by atoms with Crippen molar-refractivity contribution in [1.29, 1.82) is 0 Å². The second kappa shape index (κ2) is 6.83. The number of amides is 1. The van der Waals surface area contributed by atoms with Gasteiger partial charge in [0.2, 0.25) is 5.91 Å². The Morgan fingerprint density at radius 1 is 1.35 bits per heavy atom. The minimum absolute atomic E-state index is 0.0925. The van der Waals surface area contributed by atoms with Gasteiger partial charge in [-0.15, -0.1) is 0 Å². The molecular weight excluding hydrogens is 296 g/mol. The predicted octanol–water partition coefficient (Wildman–Crippen LogP) is 1.81. The third kappa shape index (κ3) is 3.53. The number of carbonyl (C=O) groups excluding carboxylic acids is 1. The Hall–Kier alpha value is -2.34. The number of carboxylic acid groups (broad SMARTS) is 1. The molecule has 0 aliphatic rings. The van der Waals surface area contributed by atoms with Gasteiger partial charge >= 0.3 is 5.97 Å². The second-order valence-corrected chi connectivity index (χ2v) is 5.75. The number of nitrogens with one attached hydrogen (secondary N) is 1. The Balaban J connectivity index is 2.22. The molecule has 2 aromatic rings. The number of carbonyl (C=O) groups is 2. The Kier molecular flexibility index (Phi) is 5.05. The molecule has 1 amide bonds. The minimum atomic E-state index is -1.44. The lowest BCUT2D eigenvalue weighted by atomic mass is 10.0. The van der Waals surface area contributed by atoms with Crippen LogP contribution >= 0.6 is 0 Å². The molecule has 1 aromatic heterocycles. The van der Waals surface area contributed by atoms with Crippen LogP contribution in [0.1, 0.15) is 19.4 Å². The van der Waals surface area contributed by atoms with Crippen molar-refractivity contribution in [3.05, 3.63) is 36.0 Å². The zero-order valence-corrected chi connectivity index (χ0v) is 13.6. The van der Waals surface area contributed by atoms with Gasteiger partial charge < -0.3 is 19.7 Å². The van der Waals surface area contributed by atoms with Crippen molar-refractivity contribution in [3.8, 4) is 0 Å². The average Bonchev–Trinajstić information content (AvgIpc) is 2.85. The van der Waals surface area contributed by atoms with Gasteiger partial charge in [-0.25, -0.2) is 4.79 Å². The highest BCUT2D eigenvalue weighted by molar-refractivity contribution is 5.92. The monoisotopic (exact) mass is 318 g/mol. The first-order valence-corrected chi connectivity index (χ1v) is 7.51. The van der Waals surface area contributed by atoms with E-state index in [1.54, 1.807) is 0 Å². The zero-order chi connectivity index (χ0) is 17.0. The number of hydrogen-bond acceptors (Lipinski definition) is 3. The van der Waals surface area contributed by atoms with E-state index in [-0.39, 0.29) is 18.9 Å². The lowest BCUT2D eigenvalue weighted by molar-refractivity contribution is -0.149. The summed E-state index contributed by atoms with van der Waals surface area (Å²) < 4.78 is 6.98. The number of aromatic nitrogens is 1. The molecule has 1 aromatic carbocycles. The van der Waals surface area contributed by atoms with Gasteiger partial charge in [-0.05, 0) is 25.5 Å². The molecule has 0 aliphatic carbocycles. The summed E-state index contributed by atoms with van der Waals surface area (Å²) in [6.45, 7) is 4.19. The molecule has 1 unspecified atom stereocenters. The number of para-hydroxylation sites is 1. The molecule has 0 spiro atoms. The van der Waals surface area contributed by atoms with E-state index in [0.717, 1.165) is 23.0 Å². The van der Waals surface area contributed by atoms with Gasteiger partial charge in [-0.3, -0.25) is 4.79 Å². The van der Waals surface area contributed by atoms with Crippen molar-refractivity contribution in [2.45, 2.75) is 32.4 Å². The van der Waals surface area contributed by atoms with Crippen LogP contribution in [0.4, 0.5) is 0 Å². The summed E-state index contributed by atoms with van der Waals surface area (Å²) in [5.74, 6) is -1.46. The second-order valence-electron chi connectivity index (χ2n) is 5.75. The molecule has 0 fully saturated rings. The summed E-state index contributed by atoms with van der Waals surface area (Å²) in [5.41, 5.74) is 0.510. The number of aliphatic carboxylic acids is 1. The van der Waals surface area contributed by atoms with Gasteiger partial charge in [-0.1, -0.05) is 18.2 Å². The molecule has 124 valence electrons. The average molecular weight is 318 g/mol. The van der Waals surface area contributed by atoms with E-state index in [9.17, 15) is 14.7 Å². The molecule has 0 bridgehead atoms. The molecule has 2 N–H and O–H groups in total.